The Balaban J connectivity index is 2.87. The van der Waals surface area contributed by atoms with E-state index >= 15 is 0 Å². The van der Waals surface area contributed by atoms with Gasteiger partial charge in [0, 0.05) is 7.05 Å². The van der Waals surface area contributed by atoms with Gasteiger partial charge >= 0.3 is 0 Å². The molecular weight excluding hydrogens is 198 g/mol. The summed E-state index contributed by atoms with van der Waals surface area (Å²) in [5.41, 5.74) is 3.45. The fraction of sp³-hybridized carbons (Fsp3) is 0.500. The molecule has 0 saturated carbocycles. The third kappa shape index (κ3) is 1.34. The summed E-state index contributed by atoms with van der Waals surface area (Å²) < 4.78 is 2.39. The molecule has 3 N–H and O–H groups in total. The number of hydrazine groups is 1. The Kier molecular flexibility index (Phi) is 2.36. The molecule has 0 spiro atoms. The third-order valence-corrected chi connectivity index (χ3v) is 1.78. The zero-order valence-corrected chi connectivity index (χ0v) is 7.09. The van der Waals surface area contributed by atoms with Gasteiger partial charge in [-0.25, -0.2) is 4.68 Å². The van der Waals surface area contributed by atoms with Crippen molar-refractivity contribution in [1.29, 1.82) is 0 Å². The van der Waals surface area contributed by atoms with E-state index in [2.05, 4.69) is 31.7 Å². The molecule has 56 valence electrons. The summed E-state index contributed by atoms with van der Waals surface area (Å²) in [6.45, 7) is 0.560. The standard InChI is InChI=1S/C4H8BrN5/c1-10-3(2-7-6)4(5)8-9-10/h7H,2,6H2,1H3. The quantitative estimate of drug-likeness (QED) is 0.507. The first kappa shape index (κ1) is 7.64. The van der Waals surface area contributed by atoms with Crippen molar-refractivity contribution < 1.29 is 0 Å². The summed E-state index contributed by atoms with van der Waals surface area (Å²) in [4.78, 5) is 0. The average molecular weight is 206 g/mol. The molecule has 0 amide bonds. The van der Waals surface area contributed by atoms with E-state index in [1.165, 1.54) is 0 Å². The molecule has 0 aliphatic carbocycles. The molecule has 0 aliphatic heterocycles. The largest absolute Gasteiger partial charge is 0.271 e. The van der Waals surface area contributed by atoms with Crippen LogP contribution in [0.25, 0.3) is 0 Å². The van der Waals surface area contributed by atoms with Crippen molar-refractivity contribution in [2.45, 2.75) is 6.54 Å². The fourth-order valence-electron chi connectivity index (χ4n) is 0.636. The zero-order chi connectivity index (χ0) is 7.56. The molecule has 1 aromatic heterocycles. The normalized spacial score (nSPS) is 10.3. The first-order chi connectivity index (χ1) is 4.75. The van der Waals surface area contributed by atoms with E-state index in [4.69, 9.17) is 5.84 Å². The van der Waals surface area contributed by atoms with Gasteiger partial charge in [-0.2, -0.15) is 0 Å². The highest BCUT2D eigenvalue weighted by molar-refractivity contribution is 9.10. The first-order valence-electron chi connectivity index (χ1n) is 2.73. The van der Waals surface area contributed by atoms with Gasteiger partial charge in [0.2, 0.25) is 0 Å². The van der Waals surface area contributed by atoms with Crippen LogP contribution in [0.1, 0.15) is 5.69 Å². The van der Waals surface area contributed by atoms with Crippen LogP contribution >= 0.6 is 15.9 Å². The van der Waals surface area contributed by atoms with E-state index in [0.29, 0.717) is 6.54 Å². The molecule has 6 heteroatoms. The highest BCUT2D eigenvalue weighted by atomic mass is 79.9. The molecule has 1 rings (SSSR count). The summed E-state index contributed by atoms with van der Waals surface area (Å²) in [6.07, 6.45) is 0. The van der Waals surface area contributed by atoms with Crippen molar-refractivity contribution in [3.05, 3.63) is 10.3 Å². The summed E-state index contributed by atoms with van der Waals surface area (Å²) >= 11 is 3.23. The average Bonchev–Trinajstić information content (AvgIpc) is 2.20. The number of nitrogens with one attached hydrogen (secondary N) is 1. The van der Waals surface area contributed by atoms with Crippen molar-refractivity contribution >= 4 is 15.9 Å². The highest BCUT2D eigenvalue weighted by Gasteiger charge is 2.04. The van der Waals surface area contributed by atoms with E-state index in [0.717, 1.165) is 10.3 Å². The van der Waals surface area contributed by atoms with Crippen molar-refractivity contribution in [3.8, 4) is 0 Å². The van der Waals surface area contributed by atoms with Crippen LogP contribution in [-0.4, -0.2) is 15.0 Å². The Morgan fingerprint density at radius 1 is 1.80 bits per heavy atom. The van der Waals surface area contributed by atoms with E-state index in [9.17, 15) is 0 Å². The van der Waals surface area contributed by atoms with Crippen LogP contribution in [0.15, 0.2) is 4.60 Å². The third-order valence-electron chi connectivity index (χ3n) is 1.16. The minimum absolute atomic E-state index is 0.560. The van der Waals surface area contributed by atoms with E-state index in [1.54, 1.807) is 4.68 Å². The minimum atomic E-state index is 0.560. The monoisotopic (exact) mass is 205 g/mol. The maximum Gasteiger partial charge on any atom is 0.152 e. The lowest BCUT2D eigenvalue weighted by atomic mass is 10.5. The van der Waals surface area contributed by atoms with Gasteiger partial charge in [-0.1, -0.05) is 5.21 Å². The van der Waals surface area contributed by atoms with Crippen molar-refractivity contribution in [3.63, 3.8) is 0 Å². The maximum atomic E-state index is 5.12. The Labute approximate surface area is 66.7 Å². The smallest absolute Gasteiger partial charge is 0.152 e. The molecule has 0 saturated heterocycles. The lowest BCUT2D eigenvalue weighted by Gasteiger charge is -1.97. The number of rotatable bonds is 2. The molecule has 0 atom stereocenters. The number of aromatic nitrogens is 3. The van der Waals surface area contributed by atoms with Crippen molar-refractivity contribution in [1.82, 2.24) is 20.4 Å². The van der Waals surface area contributed by atoms with Crippen LogP contribution < -0.4 is 11.3 Å². The number of nitrogens with two attached hydrogens (primary N) is 1. The molecule has 1 aromatic rings. The zero-order valence-electron chi connectivity index (χ0n) is 5.50. The van der Waals surface area contributed by atoms with Crippen LogP contribution in [0, 0.1) is 0 Å². The second kappa shape index (κ2) is 3.09. The summed E-state index contributed by atoms with van der Waals surface area (Å²) in [5.74, 6) is 5.12. The molecule has 0 aliphatic rings. The van der Waals surface area contributed by atoms with Crippen molar-refractivity contribution in [2.24, 2.45) is 12.9 Å². The number of hydrogen-bond acceptors (Lipinski definition) is 4. The van der Waals surface area contributed by atoms with Gasteiger partial charge in [0.1, 0.15) is 0 Å². The second-order valence-corrected chi connectivity index (χ2v) is 2.58. The van der Waals surface area contributed by atoms with Gasteiger partial charge in [-0.15, -0.1) is 5.10 Å². The lowest BCUT2D eigenvalue weighted by molar-refractivity contribution is 0.632. The van der Waals surface area contributed by atoms with Crippen LogP contribution in [0.5, 0.6) is 0 Å². The summed E-state index contributed by atoms with van der Waals surface area (Å²) in [6, 6.07) is 0. The van der Waals surface area contributed by atoms with Gasteiger partial charge in [0.05, 0.1) is 12.2 Å². The molecule has 0 fully saturated rings. The van der Waals surface area contributed by atoms with E-state index in [-0.39, 0.29) is 0 Å². The summed E-state index contributed by atoms with van der Waals surface area (Å²) in [7, 11) is 1.81. The molecule has 0 radical (unpaired) electrons. The van der Waals surface area contributed by atoms with Crippen LogP contribution in [0.2, 0.25) is 0 Å². The van der Waals surface area contributed by atoms with Gasteiger partial charge in [-0.05, 0) is 15.9 Å². The van der Waals surface area contributed by atoms with Gasteiger partial charge in [0.15, 0.2) is 4.60 Å². The Bertz CT molecular complexity index is 200. The van der Waals surface area contributed by atoms with Crippen molar-refractivity contribution in [2.75, 3.05) is 0 Å². The van der Waals surface area contributed by atoms with Crippen LogP contribution in [-0.2, 0) is 13.6 Å². The predicted octanol–water partition coefficient (Wildman–Crippen LogP) is -0.459. The van der Waals surface area contributed by atoms with Gasteiger partial charge < -0.3 is 0 Å². The van der Waals surface area contributed by atoms with E-state index in [1.807, 2.05) is 7.05 Å². The first-order valence-corrected chi connectivity index (χ1v) is 3.52. The number of halogens is 1. The van der Waals surface area contributed by atoms with Gasteiger partial charge in [-0.3, -0.25) is 11.3 Å². The lowest BCUT2D eigenvalue weighted by Crippen LogP contribution is -2.22. The highest BCUT2D eigenvalue weighted by Crippen LogP contribution is 2.10. The van der Waals surface area contributed by atoms with E-state index < -0.39 is 0 Å². The molecule has 0 unspecified atom stereocenters. The Morgan fingerprint density at radius 2 is 2.50 bits per heavy atom. The molecule has 0 aromatic carbocycles. The second-order valence-electron chi connectivity index (χ2n) is 1.83. The SMILES string of the molecule is Cn1nnc(Br)c1CNN. The molecule has 5 nitrogen and oxygen atoms in total. The Hall–Kier alpha value is -0.460. The predicted molar refractivity (Wildman–Crippen MR) is 39.7 cm³/mol. The maximum absolute atomic E-state index is 5.12. The minimum Gasteiger partial charge on any atom is -0.271 e. The van der Waals surface area contributed by atoms with Crippen LogP contribution in [0.4, 0.5) is 0 Å². The number of aryl methyl sites for hydroxylation is 1. The van der Waals surface area contributed by atoms with Crippen LogP contribution in [0.3, 0.4) is 0 Å². The molecule has 0 bridgehead atoms. The summed E-state index contributed by atoms with van der Waals surface area (Å²) in [5, 5.41) is 7.53. The number of hydrogen-bond donors (Lipinski definition) is 2. The topological polar surface area (TPSA) is 68.8 Å². The Morgan fingerprint density at radius 3 is 2.90 bits per heavy atom. The molecule has 10 heavy (non-hydrogen) atoms. The fourth-order valence-corrected chi connectivity index (χ4v) is 1.10. The number of nitrogens with zero attached hydrogens (tertiary/aromatic N) is 3. The molecule has 1 heterocycles. The molecular formula is C4H8BrN5. The van der Waals surface area contributed by atoms with Gasteiger partial charge in [0.25, 0.3) is 0 Å².